The van der Waals surface area contributed by atoms with Crippen LogP contribution < -0.4 is 0 Å². The third-order valence-electron chi connectivity index (χ3n) is 5.54. The summed E-state index contributed by atoms with van der Waals surface area (Å²) in [6.07, 6.45) is -0.182. The van der Waals surface area contributed by atoms with Crippen LogP contribution >= 0.6 is 0 Å². The third-order valence-corrected chi connectivity index (χ3v) is 5.54. The van der Waals surface area contributed by atoms with Crippen molar-refractivity contribution in [3.8, 4) is 22.8 Å². The Morgan fingerprint density at radius 3 is 2.73 bits per heavy atom. The van der Waals surface area contributed by atoms with E-state index in [4.69, 9.17) is 19.4 Å². The molecule has 0 atom stereocenters. The van der Waals surface area contributed by atoms with Gasteiger partial charge in [0.25, 0.3) is 5.89 Å². The van der Waals surface area contributed by atoms with Crippen LogP contribution in [0.5, 0.6) is 0 Å². The summed E-state index contributed by atoms with van der Waals surface area (Å²) in [5, 5.41) is 12.8. The number of ether oxygens (including phenoxy) is 1. The monoisotopic (exact) mass is 454 g/mol. The van der Waals surface area contributed by atoms with Gasteiger partial charge in [-0.3, -0.25) is 9.88 Å². The topological polar surface area (TPSA) is 102 Å². The Kier molecular flexibility index (Phi) is 6.69. The van der Waals surface area contributed by atoms with Crippen molar-refractivity contribution in [1.29, 1.82) is 0 Å². The lowest BCUT2D eigenvalue weighted by Crippen LogP contribution is -2.52. The Hall–Kier alpha value is -3.33. The van der Waals surface area contributed by atoms with Crippen molar-refractivity contribution in [2.24, 2.45) is 5.92 Å². The maximum Gasteiger partial charge on any atom is 0.506 e. The van der Waals surface area contributed by atoms with E-state index in [0.717, 1.165) is 17.0 Å². The van der Waals surface area contributed by atoms with Crippen LogP contribution in [0.1, 0.15) is 37.7 Å². The second kappa shape index (κ2) is 9.66. The van der Waals surface area contributed by atoms with Crippen molar-refractivity contribution < 1.29 is 23.6 Å². The predicted molar refractivity (Wildman–Crippen MR) is 119 cm³/mol. The Morgan fingerprint density at radius 2 is 2.06 bits per heavy atom. The first-order valence-electron chi connectivity index (χ1n) is 11.1. The summed E-state index contributed by atoms with van der Waals surface area (Å²) in [6, 6.07) is 8.81. The second-order valence-corrected chi connectivity index (χ2v) is 8.68. The van der Waals surface area contributed by atoms with Crippen LogP contribution in [-0.2, 0) is 24.1 Å². The molecule has 174 valence electrons. The van der Waals surface area contributed by atoms with Crippen molar-refractivity contribution in [2.45, 2.75) is 46.3 Å². The molecule has 1 aliphatic heterocycles. The van der Waals surface area contributed by atoms with E-state index in [1.807, 2.05) is 19.1 Å². The highest BCUT2D eigenvalue weighted by atomic mass is 19.1. The number of aryl methyl sites for hydroxylation is 1. The Balaban J connectivity index is 1.47. The van der Waals surface area contributed by atoms with Gasteiger partial charge in [-0.1, -0.05) is 32.0 Å². The normalized spacial score (nSPS) is 14.5. The second-order valence-electron chi connectivity index (χ2n) is 8.68. The number of pyridine rings is 1. The van der Waals surface area contributed by atoms with E-state index < -0.39 is 6.16 Å². The molecule has 33 heavy (non-hydrogen) atoms. The molecule has 0 unspecified atom stereocenters. The molecule has 1 aliphatic rings. The van der Waals surface area contributed by atoms with Gasteiger partial charge in [-0.2, -0.15) is 4.98 Å². The van der Waals surface area contributed by atoms with Gasteiger partial charge >= 0.3 is 6.16 Å². The molecule has 8 nitrogen and oxygen atoms in total. The van der Waals surface area contributed by atoms with Crippen LogP contribution in [0.25, 0.3) is 22.8 Å². The molecule has 4 rings (SSSR count). The summed E-state index contributed by atoms with van der Waals surface area (Å²) in [7, 11) is 0. The number of carboxylic acid groups (broad SMARTS) is 1. The number of hydrogen-bond donors (Lipinski definition) is 1. The average Bonchev–Trinajstić information content (AvgIpc) is 3.23. The van der Waals surface area contributed by atoms with Crippen molar-refractivity contribution in [3.63, 3.8) is 0 Å². The quantitative estimate of drug-likeness (QED) is 0.494. The van der Waals surface area contributed by atoms with E-state index >= 15 is 0 Å². The Bertz CT molecular complexity index is 1140. The highest BCUT2D eigenvalue weighted by Gasteiger charge is 2.30. The van der Waals surface area contributed by atoms with E-state index in [1.165, 1.54) is 6.07 Å². The maximum atomic E-state index is 14.5. The summed E-state index contributed by atoms with van der Waals surface area (Å²) >= 11 is 0. The van der Waals surface area contributed by atoms with Gasteiger partial charge in [0.05, 0.1) is 11.4 Å². The molecule has 0 spiro atoms. The summed E-state index contributed by atoms with van der Waals surface area (Å²) in [4.78, 5) is 21.9. The van der Waals surface area contributed by atoms with E-state index in [2.05, 4.69) is 28.9 Å². The minimum absolute atomic E-state index is 0.260. The number of carbonyl (C=O) groups is 1. The molecule has 1 N–H and O–H groups in total. The zero-order valence-corrected chi connectivity index (χ0v) is 18.9. The first-order chi connectivity index (χ1) is 15.8. The van der Waals surface area contributed by atoms with Gasteiger partial charge in [-0.15, -0.1) is 0 Å². The summed E-state index contributed by atoms with van der Waals surface area (Å²) in [5.41, 5.74) is 3.68. The van der Waals surface area contributed by atoms with Crippen molar-refractivity contribution in [3.05, 3.63) is 53.1 Å². The predicted octanol–water partition coefficient (Wildman–Crippen LogP) is 4.58. The van der Waals surface area contributed by atoms with E-state index in [0.29, 0.717) is 55.3 Å². The van der Waals surface area contributed by atoms with Crippen LogP contribution in [0.3, 0.4) is 0 Å². The molecule has 0 amide bonds. The molecule has 1 fully saturated rings. The zero-order valence-electron chi connectivity index (χ0n) is 18.9. The highest BCUT2D eigenvalue weighted by molar-refractivity contribution is 5.62. The van der Waals surface area contributed by atoms with Crippen molar-refractivity contribution in [1.82, 2.24) is 20.0 Å². The fourth-order valence-corrected chi connectivity index (χ4v) is 3.94. The van der Waals surface area contributed by atoms with E-state index in [-0.39, 0.29) is 17.8 Å². The van der Waals surface area contributed by atoms with Crippen LogP contribution in [0.15, 0.2) is 34.9 Å². The van der Waals surface area contributed by atoms with Crippen LogP contribution in [0, 0.1) is 11.7 Å². The first kappa shape index (κ1) is 22.8. The molecule has 3 heterocycles. The molecule has 1 aromatic carbocycles. The molecule has 0 saturated carbocycles. The molecule has 1 saturated heterocycles. The van der Waals surface area contributed by atoms with Crippen LogP contribution in [0.4, 0.5) is 9.18 Å². The van der Waals surface area contributed by atoms with Crippen molar-refractivity contribution in [2.75, 3.05) is 13.1 Å². The number of hydrogen-bond acceptors (Lipinski definition) is 7. The molecular weight excluding hydrogens is 427 g/mol. The number of likely N-dealkylation sites (tertiary alicyclic amines) is 1. The standard InChI is InChI=1S/C24H27FN4O4/c1-4-21-19(8-7-17(26-21)11-29-12-18(13-29)32-24(30)31)22-27-23(33-28-22)16-6-5-15(9-14(2)3)20(25)10-16/h5-8,10,14,18H,4,9,11-13H2,1-3H3,(H,30,31). The summed E-state index contributed by atoms with van der Waals surface area (Å²) < 4.78 is 24.6. The number of rotatable bonds is 8. The Labute approximate surface area is 191 Å². The van der Waals surface area contributed by atoms with Gasteiger partial charge in [0.2, 0.25) is 5.82 Å². The van der Waals surface area contributed by atoms with E-state index in [1.54, 1.807) is 12.1 Å². The SMILES string of the molecule is CCc1nc(CN2CC(OC(=O)O)C2)ccc1-c1noc(-c2ccc(CC(C)C)c(F)c2)n1. The summed E-state index contributed by atoms with van der Waals surface area (Å²) in [5.74, 6) is 0.759. The smallest absolute Gasteiger partial charge is 0.450 e. The van der Waals surface area contributed by atoms with Gasteiger partial charge in [-0.05, 0) is 48.6 Å². The summed E-state index contributed by atoms with van der Waals surface area (Å²) in [6.45, 7) is 7.81. The number of nitrogens with zero attached hydrogens (tertiary/aromatic N) is 4. The fraction of sp³-hybridized carbons (Fsp3) is 0.417. The highest BCUT2D eigenvalue weighted by Crippen LogP contribution is 2.27. The van der Waals surface area contributed by atoms with Crippen molar-refractivity contribution >= 4 is 6.16 Å². The van der Waals surface area contributed by atoms with Gasteiger partial charge in [0, 0.05) is 30.8 Å². The zero-order chi connectivity index (χ0) is 23.5. The van der Waals surface area contributed by atoms with Crippen LogP contribution in [-0.4, -0.2) is 50.5 Å². The molecule has 9 heteroatoms. The fourth-order valence-electron chi connectivity index (χ4n) is 3.94. The lowest BCUT2D eigenvalue weighted by molar-refractivity contribution is -0.0367. The third kappa shape index (κ3) is 5.36. The van der Waals surface area contributed by atoms with Gasteiger partial charge in [0.15, 0.2) is 0 Å². The van der Waals surface area contributed by atoms with E-state index in [9.17, 15) is 9.18 Å². The number of benzene rings is 1. The maximum absolute atomic E-state index is 14.5. The molecule has 3 aromatic rings. The lowest BCUT2D eigenvalue weighted by atomic mass is 10.0. The molecule has 0 radical (unpaired) electrons. The Morgan fingerprint density at radius 1 is 1.27 bits per heavy atom. The minimum atomic E-state index is -1.25. The molecule has 2 aromatic heterocycles. The van der Waals surface area contributed by atoms with Gasteiger partial charge in [0.1, 0.15) is 11.9 Å². The molecule has 0 bridgehead atoms. The lowest BCUT2D eigenvalue weighted by Gasteiger charge is -2.37. The number of halogens is 1. The van der Waals surface area contributed by atoms with Gasteiger partial charge in [-0.25, -0.2) is 9.18 Å². The van der Waals surface area contributed by atoms with Gasteiger partial charge < -0.3 is 14.4 Å². The first-order valence-corrected chi connectivity index (χ1v) is 11.1. The van der Waals surface area contributed by atoms with Crippen LogP contribution in [0.2, 0.25) is 0 Å². The molecular formula is C24H27FN4O4. The average molecular weight is 455 g/mol. The minimum Gasteiger partial charge on any atom is -0.450 e. The molecule has 0 aliphatic carbocycles. The number of aromatic nitrogens is 3. The largest absolute Gasteiger partial charge is 0.506 e.